The van der Waals surface area contributed by atoms with Gasteiger partial charge in [0, 0.05) is 29.1 Å². The van der Waals surface area contributed by atoms with Crippen molar-refractivity contribution in [2.24, 2.45) is 4.99 Å². The molecule has 40 heavy (non-hydrogen) atoms. The summed E-state index contributed by atoms with van der Waals surface area (Å²) in [6.45, 7) is 12.7. The molecule has 0 saturated heterocycles. The zero-order chi connectivity index (χ0) is 28.4. The number of aryl methyl sites for hydroxylation is 1. The molecular weight excluding hydrogens is 496 g/mol. The molecule has 0 amide bonds. The quantitative estimate of drug-likeness (QED) is 0.255. The summed E-state index contributed by atoms with van der Waals surface area (Å²) < 4.78 is 12.6. The van der Waals surface area contributed by atoms with Crippen LogP contribution in [0.2, 0.25) is 0 Å². The molecular formula is C35H36N2O3. The minimum Gasteiger partial charge on any atom is -0.465 e. The molecule has 5 nitrogen and oxygen atoms in total. The van der Waals surface area contributed by atoms with Crippen molar-refractivity contribution >= 4 is 34.3 Å². The van der Waals surface area contributed by atoms with E-state index in [-0.39, 0.29) is 18.0 Å². The molecule has 0 bridgehead atoms. The van der Waals surface area contributed by atoms with Crippen LogP contribution in [0.3, 0.4) is 0 Å². The molecule has 2 aliphatic heterocycles. The Balaban J connectivity index is 1.48. The highest BCUT2D eigenvalue weighted by Gasteiger charge is 2.66. The topological polar surface area (TPSA) is 51.1 Å². The normalized spacial score (nSPS) is 21.3. The van der Waals surface area contributed by atoms with E-state index in [9.17, 15) is 4.79 Å². The number of hydrogen-bond acceptors (Lipinski definition) is 5. The van der Waals surface area contributed by atoms with E-state index in [4.69, 9.17) is 14.5 Å². The van der Waals surface area contributed by atoms with Crippen LogP contribution in [-0.4, -0.2) is 31.6 Å². The summed E-state index contributed by atoms with van der Waals surface area (Å²) in [5.41, 5.74) is 4.89. The lowest BCUT2D eigenvalue weighted by atomic mass is 9.73. The second kappa shape index (κ2) is 8.95. The van der Waals surface area contributed by atoms with Gasteiger partial charge in [-0.1, -0.05) is 74.5 Å². The first kappa shape index (κ1) is 26.1. The number of fused-ring (bicyclic) bond motifs is 4. The summed E-state index contributed by atoms with van der Waals surface area (Å²) in [7, 11) is 1.97. The number of anilines is 1. The highest BCUT2D eigenvalue weighted by molar-refractivity contribution is 6.04. The molecule has 2 atom stereocenters. The predicted molar refractivity (Wildman–Crippen MR) is 162 cm³/mol. The standard InChI is InChI=1S/C35H36N2O3/c1-8-39-32(38)34(6)30-23(3)22(2)14-18-28(30)37(7)35(34)21-36-31-27-17-16-26(20-24(27)15-19-29(31)40-35)33(4,5)25-12-10-9-11-13-25/h9-21H,8H2,1-7H3. The molecule has 4 aromatic carbocycles. The van der Waals surface area contributed by atoms with Gasteiger partial charge in [0.2, 0.25) is 5.72 Å². The van der Waals surface area contributed by atoms with Gasteiger partial charge in [-0.3, -0.25) is 9.79 Å². The number of aliphatic imine (C=N–C) groups is 1. The van der Waals surface area contributed by atoms with Crippen LogP contribution < -0.4 is 9.64 Å². The highest BCUT2D eigenvalue weighted by Crippen LogP contribution is 2.56. The van der Waals surface area contributed by atoms with E-state index in [2.05, 4.69) is 88.4 Å². The molecule has 0 saturated carbocycles. The van der Waals surface area contributed by atoms with Crippen LogP contribution in [0.25, 0.3) is 10.8 Å². The molecule has 2 heterocycles. The van der Waals surface area contributed by atoms with E-state index < -0.39 is 11.1 Å². The summed E-state index contributed by atoms with van der Waals surface area (Å²) in [6, 6.07) is 25.4. The number of likely N-dealkylation sites (N-methyl/N-ethyl adjacent to an activating group) is 1. The average molecular weight is 533 g/mol. The van der Waals surface area contributed by atoms with Crippen molar-refractivity contribution in [2.45, 2.75) is 58.1 Å². The molecule has 0 aliphatic carbocycles. The Morgan fingerprint density at radius 3 is 2.48 bits per heavy atom. The average Bonchev–Trinajstić information content (AvgIpc) is 3.14. The fourth-order valence-electron chi connectivity index (χ4n) is 6.58. The number of benzene rings is 4. The third-order valence-corrected chi connectivity index (χ3v) is 9.28. The second-order valence-electron chi connectivity index (χ2n) is 11.7. The van der Waals surface area contributed by atoms with Gasteiger partial charge >= 0.3 is 5.97 Å². The summed E-state index contributed by atoms with van der Waals surface area (Å²) in [6.07, 6.45) is 1.81. The van der Waals surface area contributed by atoms with Crippen molar-refractivity contribution in [2.75, 3.05) is 18.6 Å². The first-order valence-electron chi connectivity index (χ1n) is 13.9. The molecule has 1 spiro atoms. The maximum Gasteiger partial charge on any atom is 0.322 e. The molecule has 0 N–H and O–H groups in total. The van der Waals surface area contributed by atoms with Crippen molar-refractivity contribution in [1.82, 2.24) is 0 Å². The Morgan fingerprint density at radius 2 is 1.75 bits per heavy atom. The zero-order valence-electron chi connectivity index (χ0n) is 24.3. The van der Waals surface area contributed by atoms with Gasteiger partial charge < -0.3 is 14.4 Å². The van der Waals surface area contributed by atoms with E-state index >= 15 is 0 Å². The van der Waals surface area contributed by atoms with Gasteiger partial charge in [-0.25, -0.2) is 0 Å². The van der Waals surface area contributed by atoms with Crippen molar-refractivity contribution < 1.29 is 14.3 Å². The van der Waals surface area contributed by atoms with E-state index in [1.54, 1.807) is 0 Å². The number of hydrogen-bond donors (Lipinski definition) is 0. The van der Waals surface area contributed by atoms with Gasteiger partial charge in [0.05, 0.1) is 12.8 Å². The highest BCUT2D eigenvalue weighted by atomic mass is 16.6. The number of esters is 1. The van der Waals surface area contributed by atoms with Gasteiger partial charge in [-0.2, -0.15) is 0 Å². The molecule has 6 rings (SSSR count). The fraction of sp³-hybridized carbons (Fsp3) is 0.314. The lowest BCUT2D eigenvalue weighted by molar-refractivity contribution is -0.154. The monoisotopic (exact) mass is 532 g/mol. The minimum atomic E-state index is -1.17. The maximum absolute atomic E-state index is 13.8. The lowest BCUT2D eigenvalue weighted by Crippen LogP contribution is -2.65. The van der Waals surface area contributed by atoms with E-state index in [1.165, 1.54) is 11.1 Å². The largest absolute Gasteiger partial charge is 0.465 e. The van der Waals surface area contributed by atoms with E-state index in [0.717, 1.165) is 38.8 Å². The van der Waals surface area contributed by atoms with Crippen LogP contribution in [0.15, 0.2) is 77.8 Å². The summed E-state index contributed by atoms with van der Waals surface area (Å²) in [4.78, 5) is 20.9. The van der Waals surface area contributed by atoms with Crippen LogP contribution in [0.4, 0.5) is 11.4 Å². The Hall–Kier alpha value is -4.12. The summed E-state index contributed by atoms with van der Waals surface area (Å²) in [5, 5.41) is 2.11. The number of rotatable bonds is 4. The molecule has 4 aromatic rings. The Morgan fingerprint density at radius 1 is 1.00 bits per heavy atom. The first-order chi connectivity index (χ1) is 19.1. The van der Waals surface area contributed by atoms with Crippen LogP contribution >= 0.6 is 0 Å². The zero-order valence-corrected chi connectivity index (χ0v) is 24.3. The summed E-state index contributed by atoms with van der Waals surface area (Å²) >= 11 is 0. The van der Waals surface area contributed by atoms with E-state index in [1.807, 2.05) is 44.1 Å². The number of carbonyl (C=O) groups excluding carboxylic acids is 1. The lowest BCUT2D eigenvalue weighted by Gasteiger charge is -2.45. The smallest absolute Gasteiger partial charge is 0.322 e. The Labute approximate surface area is 236 Å². The first-order valence-corrected chi connectivity index (χ1v) is 13.9. The van der Waals surface area contributed by atoms with Crippen molar-refractivity contribution in [3.05, 3.63) is 101 Å². The van der Waals surface area contributed by atoms with Crippen molar-refractivity contribution in [1.29, 1.82) is 0 Å². The van der Waals surface area contributed by atoms with Gasteiger partial charge in [0.25, 0.3) is 0 Å². The van der Waals surface area contributed by atoms with Gasteiger partial charge in [0.1, 0.15) is 11.4 Å². The predicted octanol–water partition coefficient (Wildman–Crippen LogP) is 7.54. The van der Waals surface area contributed by atoms with Crippen LogP contribution in [-0.2, 0) is 20.4 Å². The Kier molecular flexibility index (Phi) is 5.85. The summed E-state index contributed by atoms with van der Waals surface area (Å²) in [5.74, 6) is 0.326. The fourth-order valence-corrected chi connectivity index (χ4v) is 6.58. The number of ether oxygens (including phenoxy) is 2. The third-order valence-electron chi connectivity index (χ3n) is 9.28. The van der Waals surface area contributed by atoms with Gasteiger partial charge in [-0.05, 0) is 67.5 Å². The Bertz CT molecular complexity index is 1690. The maximum atomic E-state index is 13.8. The SMILES string of the molecule is CCOC(=O)C1(C)c2c(ccc(C)c2C)N(C)C12C=Nc1c(ccc3cc(C(C)(C)c4ccccc4)ccc13)O2. The van der Waals surface area contributed by atoms with Gasteiger partial charge in [-0.15, -0.1) is 0 Å². The molecule has 0 fully saturated rings. The minimum absolute atomic E-state index is 0.148. The molecule has 0 radical (unpaired) electrons. The van der Waals surface area contributed by atoms with Crippen LogP contribution in [0.1, 0.15) is 55.5 Å². The van der Waals surface area contributed by atoms with Crippen molar-refractivity contribution in [3.63, 3.8) is 0 Å². The van der Waals surface area contributed by atoms with Gasteiger partial charge in [0.15, 0.2) is 5.41 Å². The van der Waals surface area contributed by atoms with Crippen LogP contribution in [0.5, 0.6) is 5.75 Å². The molecule has 2 aliphatic rings. The molecule has 5 heteroatoms. The third kappa shape index (κ3) is 3.39. The number of carbonyl (C=O) groups is 1. The molecule has 204 valence electrons. The number of nitrogens with zero attached hydrogens (tertiary/aromatic N) is 2. The second-order valence-corrected chi connectivity index (χ2v) is 11.7. The molecule has 0 aromatic heterocycles. The molecule has 2 unspecified atom stereocenters. The van der Waals surface area contributed by atoms with Crippen LogP contribution in [0, 0.1) is 13.8 Å². The van der Waals surface area contributed by atoms with E-state index in [0.29, 0.717) is 5.75 Å². The van der Waals surface area contributed by atoms with Crippen molar-refractivity contribution in [3.8, 4) is 5.75 Å².